The van der Waals surface area contributed by atoms with Gasteiger partial charge in [0.1, 0.15) is 24.8 Å². The molecule has 1 aromatic carbocycles. The highest BCUT2D eigenvalue weighted by atomic mass is 16.5. The number of benzene rings is 1. The summed E-state index contributed by atoms with van der Waals surface area (Å²) in [5.41, 5.74) is 0.856. The number of esters is 1. The summed E-state index contributed by atoms with van der Waals surface area (Å²) < 4.78 is 5.42. The van der Waals surface area contributed by atoms with Gasteiger partial charge in [0.2, 0.25) is 5.91 Å². The molecule has 8 nitrogen and oxygen atoms in total. The standard InChI is InChI=1S/C25H39N3O5/c1-16(2)14-20(27-24(31)22(29)19-12-8-9-13-26-19)23(30)28-21(17(3)4)25(32)33-15-18-10-6-5-7-11-18/h5-7,10-11,16-17,19-22,26,29H,8-9,12-15H2,1-4H3,(H,27,31)(H,28,30)/t19?,20-,21+,22?/m1/s1. The predicted octanol–water partition coefficient (Wildman–Crippen LogP) is 1.90. The van der Waals surface area contributed by atoms with E-state index in [4.69, 9.17) is 4.74 Å². The van der Waals surface area contributed by atoms with E-state index in [0.29, 0.717) is 12.8 Å². The molecule has 1 saturated heterocycles. The number of ether oxygens (including phenoxy) is 1. The smallest absolute Gasteiger partial charge is 0.329 e. The molecule has 1 aliphatic rings. The van der Waals surface area contributed by atoms with Gasteiger partial charge in [-0.15, -0.1) is 0 Å². The van der Waals surface area contributed by atoms with Crippen LogP contribution in [0.3, 0.4) is 0 Å². The van der Waals surface area contributed by atoms with Crippen LogP contribution in [0.15, 0.2) is 30.3 Å². The molecular weight excluding hydrogens is 422 g/mol. The molecule has 4 N–H and O–H groups in total. The van der Waals surface area contributed by atoms with Gasteiger partial charge in [0.15, 0.2) is 0 Å². The van der Waals surface area contributed by atoms with Crippen molar-refractivity contribution in [1.82, 2.24) is 16.0 Å². The maximum absolute atomic E-state index is 13.1. The number of carbonyl (C=O) groups excluding carboxylic acids is 3. The Labute approximate surface area is 196 Å². The van der Waals surface area contributed by atoms with E-state index in [1.165, 1.54) is 0 Å². The molecule has 0 bridgehead atoms. The van der Waals surface area contributed by atoms with E-state index in [0.717, 1.165) is 24.9 Å². The number of hydrogen-bond donors (Lipinski definition) is 4. The maximum Gasteiger partial charge on any atom is 0.329 e. The lowest BCUT2D eigenvalue weighted by Gasteiger charge is -2.29. The van der Waals surface area contributed by atoms with Crippen molar-refractivity contribution < 1.29 is 24.2 Å². The second-order valence-corrected chi connectivity index (χ2v) is 9.52. The number of rotatable bonds is 11. The number of nitrogens with one attached hydrogen (secondary N) is 3. The number of hydrogen-bond acceptors (Lipinski definition) is 6. The predicted molar refractivity (Wildman–Crippen MR) is 126 cm³/mol. The van der Waals surface area contributed by atoms with Gasteiger partial charge in [0.05, 0.1) is 0 Å². The molecule has 0 spiro atoms. The van der Waals surface area contributed by atoms with Gasteiger partial charge >= 0.3 is 5.97 Å². The summed E-state index contributed by atoms with van der Waals surface area (Å²) in [5.74, 6) is -1.65. The largest absolute Gasteiger partial charge is 0.459 e. The first-order valence-electron chi connectivity index (χ1n) is 11.9. The van der Waals surface area contributed by atoms with Crippen molar-refractivity contribution in [3.63, 3.8) is 0 Å². The molecule has 0 radical (unpaired) electrons. The van der Waals surface area contributed by atoms with Crippen molar-refractivity contribution in [2.75, 3.05) is 6.54 Å². The van der Waals surface area contributed by atoms with Crippen LogP contribution in [-0.2, 0) is 25.7 Å². The van der Waals surface area contributed by atoms with Gasteiger partial charge in [-0.3, -0.25) is 9.59 Å². The molecule has 1 fully saturated rings. The number of carbonyl (C=O) groups is 3. The molecular formula is C25H39N3O5. The third kappa shape index (κ3) is 8.78. The Hall–Kier alpha value is -2.45. The average Bonchev–Trinajstić information content (AvgIpc) is 2.80. The van der Waals surface area contributed by atoms with Crippen LogP contribution in [0.2, 0.25) is 0 Å². The zero-order valence-corrected chi connectivity index (χ0v) is 20.2. The topological polar surface area (TPSA) is 117 Å². The summed E-state index contributed by atoms with van der Waals surface area (Å²) in [6.07, 6.45) is 1.81. The fourth-order valence-electron chi connectivity index (χ4n) is 3.86. The molecule has 1 heterocycles. The zero-order valence-electron chi connectivity index (χ0n) is 20.2. The van der Waals surface area contributed by atoms with Crippen LogP contribution in [0.4, 0.5) is 0 Å². The fourth-order valence-corrected chi connectivity index (χ4v) is 3.86. The Morgan fingerprint density at radius 3 is 2.33 bits per heavy atom. The molecule has 33 heavy (non-hydrogen) atoms. The minimum absolute atomic E-state index is 0.117. The zero-order chi connectivity index (χ0) is 24.4. The quantitative estimate of drug-likeness (QED) is 0.374. The van der Waals surface area contributed by atoms with E-state index in [2.05, 4.69) is 16.0 Å². The SMILES string of the molecule is CC(C)C[C@@H](NC(=O)C(O)C1CCCCN1)C(=O)N[C@H](C(=O)OCc1ccccc1)C(C)C. The second-order valence-electron chi connectivity index (χ2n) is 9.52. The molecule has 1 aromatic rings. The van der Waals surface area contributed by atoms with Crippen LogP contribution in [0.25, 0.3) is 0 Å². The summed E-state index contributed by atoms with van der Waals surface area (Å²) in [7, 11) is 0. The maximum atomic E-state index is 13.1. The van der Waals surface area contributed by atoms with E-state index >= 15 is 0 Å². The van der Waals surface area contributed by atoms with Gasteiger partial charge in [-0.2, -0.15) is 0 Å². The van der Waals surface area contributed by atoms with Crippen LogP contribution >= 0.6 is 0 Å². The van der Waals surface area contributed by atoms with Crippen molar-refractivity contribution in [1.29, 1.82) is 0 Å². The molecule has 0 aliphatic carbocycles. The fraction of sp³-hybridized carbons (Fsp3) is 0.640. The van der Waals surface area contributed by atoms with Gasteiger partial charge in [0.25, 0.3) is 5.91 Å². The number of piperidine rings is 1. The van der Waals surface area contributed by atoms with Crippen LogP contribution in [0, 0.1) is 11.8 Å². The Morgan fingerprint density at radius 2 is 1.76 bits per heavy atom. The van der Waals surface area contributed by atoms with E-state index in [1.807, 2.05) is 58.0 Å². The molecule has 184 valence electrons. The second kappa shape index (κ2) is 13.3. The van der Waals surface area contributed by atoms with Crippen LogP contribution in [0.5, 0.6) is 0 Å². The van der Waals surface area contributed by atoms with Gasteiger partial charge in [0, 0.05) is 6.04 Å². The summed E-state index contributed by atoms with van der Waals surface area (Å²) in [6.45, 7) is 8.41. The Bertz CT molecular complexity index is 763. The van der Waals surface area contributed by atoms with Gasteiger partial charge < -0.3 is 25.8 Å². The first-order valence-corrected chi connectivity index (χ1v) is 11.9. The highest BCUT2D eigenvalue weighted by molar-refractivity contribution is 5.92. The third-order valence-corrected chi connectivity index (χ3v) is 5.78. The molecule has 2 amide bonds. The highest BCUT2D eigenvalue weighted by Crippen LogP contribution is 2.13. The summed E-state index contributed by atoms with van der Waals surface area (Å²) in [6, 6.07) is 7.29. The van der Waals surface area contributed by atoms with Crippen LogP contribution < -0.4 is 16.0 Å². The monoisotopic (exact) mass is 461 g/mol. The van der Waals surface area contributed by atoms with Crippen LogP contribution in [-0.4, -0.2) is 53.7 Å². The Morgan fingerprint density at radius 1 is 1.06 bits per heavy atom. The van der Waals surface area contributed by atoms with Gasteiger partial charge in [-0.05, 0) is 43.2 Å². The van der Waals surface area contributed by atoms with Gasteiger partial charge in [-0.25, -0.2) is 4.79 Å². The number of aliphatic hydroxyl groups is 1. The Kier molecular flexibility index (Phi) is 10.8. The number of aliphatic hydroxyl groups excluding tert-OH is 1. The first kappa shape index (κ1) is 26.8. The normalized spacial score (nSPS) is 18.9. The Balaban J connectivity index is 2.00. The van der Waals surface area contributed by atoms with Gasteiger partial charge in [-0.1, -0.05) is 64.4 Å². The number of amides is 2. The third-order valence-electron chi connectivity index (χ3n) is 5.78. The van der Waals surface area contributed by atoms with E-state index in [-0.39, 0.29) is 24.5 Å². The molecule has 0 saturated carbocycles. The first-order chi connectivity index (χ1) is 15.7. The van der Waals surface area contributed by atoms with Crippen molar-refractivity contribution in [3.05, 3.63) is 35.9 Å². The lowest BCUT2D eigenvalue weighted by Crippen LogP contribution is -2.57. The summed E-state index contributed by atoms with van der Waals surface area (Å²) in [5, 5.41) is 19.1. The summed E-state index contributed by atoms with van der Waals surface area (Å²) in [4.78, 5) is 38.5. The molecule has 4 atom stereocenters. The van der Waals surface area contributed by atoms with Crippen LogP contribution in [0.1, 0.15) is 58.9 Å². The van der Waals surface area contributed by atoms with Crippen molar-refractivity contribution in [2.24, 2.45) is 11.8 Å². The van der Waals surface area contributed by atoms with Crippen molar-refractivity contribution in [2.45, 2.75) is 84.2 Å². The minimum atomic E-state index is -1.23. The van der Waals surface area contributed by atoms with E-state index in [9.17, 15) is 19.5 Å². The molecule has 2 unspecified atom stereocenters. The lowest BCUT2D eigenvalue weighted by atomic mass is 9.97. The summed E-state index contributed by atoms with van der Waals surface area (Å²) >= 11 is 0. The highest BCUT2D eigenvalue weighted by Gasteiger charge is 2.33. The van der Waals surface area contributed by atoms with Crippen molar-refractivity contribution in [3.8, 4) is 0 Å². The molecule has 1 aliphatic heterocycles. The van der Waals surface area contributed by atoms with E-state index in [1.54, 1.807) is 0 Å². The average molecular weight is 462 g/mol. The molecule has 8 heteroatoms. The van der Waals surface area contributed by atoms with E-state index < -0.39 is 36.0 Å². The molecule has 2 rings (SSSR count). The minimum Gasteiger partial charge on any atom is -0.459 e. The van der Waals surface area contributed by atoms with Crippen molar-refractivity contribution >= 4 is 17.8 Å². The lowest BCUT2D eigenvalue weighted by molar-refractivity contribution is -0.150. The molecule has 0 aromatic heterocycles.